The van der Waals surface area contributed by atoms with Crippen molar-refractivity contribution in [1.82, 2.24) is 4.90 Å². The average Bonchev–Trinajstić information content (AvgIpc) is 2.85. The van der Waals surface area contributed by atoms with Gasteiger partial charge in [0, 0.05) is 32.1 Å². The summed E-state index contributed by atoms with van der Waals surface area (Å²) in [6.45, 7) is 1.80. The van der Waals surface area contributed by atoms with Crippen molar-refractivity contribution in [1.29, 1.82) is 0 Å². The van der Waals surface area contributed by atoms with Crippen LogP contribution in [0.1, 0.15) is 18.9 Å². The summed E-state index contributed by atoms with van der Waals surface area (Å²) in [5, 5.41) is 9.43. The number of carboxylic acid groups (broad SMARTS) is 1. The summed E-state index contributed by atoms with van der Waals surface area (Å²) in [4.78, 5) is 36.0. The third kappa shape index (κ3) is 4.79. The molecule has 0 bridgehead atoms. The summed E-state index contributed by atoms with van der Waals surface area (Å²) in [7, 11) is 0. The van der Waals surface area contributed by atoms with Gasteiger partial charge in [-0.1, -0.05) is 23.9 Å². The van der Waals surface area contributed by atoms with Crippen LogP contribution in [0.15, 0.2) is 24.3 Å². The molecule has 7 heteroatoms. The molecule has 0 saturated carbocycles. The van der Waals surface area contributed by atoms with Gasteiger partial charge in [-0.15, -0.1) is 0 Å². The third-order valence-corrected chi connectivity index (χ3v) is 4.81. The predicted octanol–water partition coefficient (Wildman–Crippen LogP) is 1.95. The fourth-order valence-corrected chi connectivity index (χ4v) is 3.32. The molecule has 1 fully saturated rings. The normalized spacial score (nSPS) is 19.0. The maximum absolute atomic E-state index is 12.9. The molecular weight excluding hydrogens is 321 g/mol. The second-order valence-electron chi connectivity index (χ2n) is 5.60. The Hall–Kier alpha value is -1.89. The number of carbonyl (C=O) groups excluding carboxylic acids is 2. The Balaban J connectivity index is 2.05. The van der Waals surface area contributed by atoms with E-state index in [-0.39, 0.29) is 35.6 Å². The van der Waals surface area contributed by atoms with E-state index in [9.17, 15) is 23.9 Å². The first-order valence-corrected chi connectivity index (χ1v) is 8.25. The Morgan fingerprint density at radius 2 is 2.04 bits per heavy atom. The zero-order chi connectivity index (χ0) is 17.0. The van der Waals surface area contributed by atoms with Gasteiger partial charge in [-0.25, -0.2) is 9.18 Å². The highest BCUT2D eigenvalue weighted by Crippen LogP contribution is 2.25. The Kier molecular flexibility index (Phi) is 5.76. The number of thioether (sulfide) groups is 1. The molecule has 124 valence electrons. The number of carbonyl (C=O) groups is 3. The number of benzene rings is 1. The summed E-state index contributed by atoms with van der Waals surface area (Å²) >= 11 is 1.15. The van der Waals surface area contributed by atoms with E-state index in [4.69, 9.17) is 0 Å². The number of aliphatic carboxylic acids is 1. The van der Waals surface area contributed by atoms with E-state index < -0.39 is 12.0 Å². The lowest BCUT2D eigenvalue weighted by Gasteiger charge is -2.25. The van der Waals surface area contributed by atoms with E-state index in [1.54, 1.807) is 0 Å². The highest BCUT2D eigenvalue weighted by atomic mass is 32.2. The highest BCUT2D eigenvalue weighted by molar-refractivity contribution is 8.13. The molecular formula is C16H18FNO4S. The summed E-state index contributed by atoms with van der Waals surface area (Å²) in [5.74, 6) is -1.19. The molecule has 5 nitrogen and oxygen atoms in total. The van der Waals surface area contributed by atoms with Gasteiger partial charge < -0.3 is 10.0 Å². The minimum Gasteiger partial charge on any atom is -0.480 e. The second kappa shape index (κ2) is 7.59. The quantitative estimate of drug-likeness (QED) is 0.857. The number of rotatable bonds is 6. The van der Waals surface area contributed by atoms with Gasteiger partial charge in [0.15, 0.2) is 5.12 Å². The van der Waals surface area contributed by atoms with E-state index in [1.807, 2.05) is 0 Å². The third-order valence-electron chi connectivity index (χ3n) is 3.76. The van der Waals surface area contributed by atoms with Crippen LogP contribution in [-0.2, 0) is 20.8 Å². The monoisotopic (exact) mass is 339 g/mol. The molecule has 1 aromatic carbocycles. The van der Waals surface area contributed by atoms with Crippen LogP contribution >= 0.6 is 11.8 Å². The highest BCUT2D eigenvalue weighted by Gasteiger charge is 2.37. The minimum absolute atomic E-state index is 0.0167. The Labute approximate surface area is 137 Å². The number of carboxylic acids is 1. The number of hydrogen-bond donors (Lipinski definition) is 1. The van der Waals surface area contributed by atoms with Gasteiger partial charge in [-0.2, -0.15) is 0 Å². The van der Waals surface area contributed by atoms with Crippen LogP contribution in [0.3, 0.4) is 0 Å². The molecule has 1 saturated heterocycles. The van der Waals surface area contributed by atoms with Gasteiger partial charge in [-0.3, -0.25) is 9.59 Å². The van der Waals surface area contributed by atoms with Crippen molar-refractivity contribution in [3.63, 3.8) is 0 Å². The molecule has 0 spiro atoms. The molecule has 1 aliphatic rings. The van der Waals surface area contributed by atoms with E-state index in [0.717, 1.165) is 11.8 Å². The van der Waals surface area contributed by atoms with Crippen molar-refractivity contribution in [2.45, 2.75) is 25.8 Å². The lowest BCUT2D eigenvalue weighted by Crippen LogP contribution is -2.43. The Morgan fingerprint density at radius 3 is 2.61 bits per heavy atom. The van der Waals surface area contributed by atoms with Gasteiger partial charge >= 0.3 is 5.97 Å². The molecule has 1 heterocycles. The van der Waals surface area contributed by atoms with Gasteiger partial charge in [0.05, 0.1) is 0 Å². The average molecular weight is 339 g/mol. The fourth-order valence-electron chi connectivity index (χ4n) is 2.63. The van der Waals surface area contributed by atoms with Gasteiger partial charge in [0.2, 0.25) is 5.91 Å². The van der Waals surface area contributed by atoms with Crippen molar-refractivity contribution in [3.05, 3.63) is 35.6 Å². The van der Waals surface area contributed by atoms with Gasteiger partial charge in [0.1, 0.15) is 11.9 Å². The van der Waals surface area contributed by atoms with E-state index in [1.165, 1.54) is 36.1 Å². The zero-order valence-electron chi connectivity index (χ0n) is 12.7. The van der Waals surface area contributed by atoms with E-state index >= 15 is 0 Å². The fraction of sp³-hybridized carbons (Fsp3) is 0.438. The summed E-state index contributed by atoms with van der Waals surface area (Å²) < 4.78 is 12.9. The standard InChI is InChI=1S/C16H18FNO4S/c1-10(19)23-9-12-7-15(20)18(8-12)14(16(21)22)6-11-2-4-13(17)5-3-11/h2-5,12,14H,6-9H2,1H3,(H,21,22)/t12?,14-/m0/s1. The topological polar surface area (TPSA) is 74.7 Å². The Morgan fingerprint density at radius 1 is 1.39 bits per heavy atom. The number of hydrogen-bond acceptors (Lipinski definition) is 4. The van der Waals surface area contributed by atoms with Crippen LogP contribution in [0.2, 0.25) is 0 Å². The predicted molar refractivity (Wildman–Crippen MR) is 84.5 cm³/mol. The number of nitrogens with zero attached hydrogens (tertiary/aromatic N) is 1. The van der Waals surface area contributed by atoms with Gasteiger partial charge in [0.25, 0.3) is 0 Å². The van der Waals surface area contributed by atoms with Crippen molar-refractivity contribution in [2.24, 2.45) is 5.92 Å². The molecule has 1 N–H and O–H groups in total. The first kappa shape index (κ1) is 17.5. The van der Waals surface area contributed by atoms with E-state index in [2.05, 4.69) is 0 Å². The molecule has 23 heavy (non-hydrogen) atoms. The molecule has 1 amide bonds. The summed E-state index contributed by atoms with van der Waals surface area (Å²) in [6.07, 6.45) is 0.390. The van der Waals surface area contributed by atoms with Gasteiger partial charge in [-0.05, 0) is 23.6 Å². The first-order valence-electron chi connectivity index (χ1n) is 7.27. The SMILES string of the molecule is CC(=O)SCC1CC(=O)N([C@@H](Cc2ccc(F)cc2)C(=O)O)C1. The van der Waals surface area contributed by atoms with Crippen molar-refractivity contribution in [3.8, 4) is 0 Å². The zero-order valence-corrected chi connectivity index (χ0v) is 13.5. The van der Waals surface area contributed by atoms with Crippen LogP contribution in [0, 0.1) is 11.7 Å². The molecule has 1 aromatic rings. The largest absolute Gasteiger partial charge is 0.480 e. The second-order valence-corrected chi connectivity index (χ2v) is 6.80. The molecule has 1 unspecified atom stereocenters. The lowest BCUT2D eigenvalue weighted by atomic mass is 10.0. The molecule has 0 radical (unpaired) electrons. The lowest BCUT2D eigenvalue weighted by molar-refractivity contribution is -0.148. The summed E-state index contributed by atoms with van der Waals surface area (Å²) in [6, 6.07) is 4.61. The molecule has 0 aliphatic carbocycles. The number of amides is 1. The molecule has 2 rings (SSSR count). The maximum atomic E-state index is 12.9. The molecule has 0 aromatic heterocycles. The Bertz CT molecular complexity index is 605. The number of halogens is 1. The van der Waals surface area contributed by atoms with Crippen LogP contribution in [0.5, 0.6) is 0 Å². The minimum atomic E-state index is -1.08. The first-order chi connectivity index (χ1) is 10.9. The number of likely N-dealkylation sites (tertiary alicyclic amines) is 1. The van der Waals surface area contributed by atoms with Crippen LogP contribution in [0.4, 0.5) is 4.39 Å². The van der Waals surface area contributed by atoms with Crippen LogP contribution in [0.25, 0.3) is 0 Å². The van der Waals surface area contributed by atoms with Crippen molar-refractivity contribution >= 4 is 28.8 Å². The van der Waals surface area contributed by atoms with Crippen LogP contribution < -0.4 is 0 Å². The van der Waals surface area contributed by atoms with Crippen LogP contribution in [-0.4, -0.2) is 45.3 Å². The molecule has 2 atom stereocenters. The van der Waals surface area contributed by atoms with E-state index in [0.29, 0.717) is 17.9 Å². The summed E-state index contributed by atoms with van der Waals surface area (Å²) in [5.41, 5.74) is 0.660. The molecule has 1 aliphatic heterocycles. The maximum Gasteiger partial charge on any atom is 0.326 e. The van der Waals surface area contributed by atoms with Crippen molar-refractivity contribution in [2.75, 3.05) is 12.3 Å². The van der Waals surface area contributed by atoms with Crippen molar-refractivity contribution < 1.29 is 23.9 Å². The smallest absolute Gasteiger partial charge is 0.326 e.